The molecule has 0 saturated heterocycles. The van der Waals surface area contributed by atoms with Crippen molar-refractivity contribution in [3.8, 4) is 0 Å². The highest BCUT2D eigenvalue weighted by molar-refractivity contribution is 7.47. The van der Waals surface area contributed by atoms with E-state index in [1.807, 2.05) is 21.1 Å². The Balaban J connectivity index is 4.43. The van der Waals surface area contributed by atoms with E-state index in [4.69, 9.17) is 9.05 Å². The lowest BCUT2D eigenvalue weighted by Crippen LogP contribution is -2.46. The first kappa shape index (κ1) is 46.5. The number of hydrogen-bond donors (Lipinski definition) is 3. The molecule has 0 rings (SSSR count). The van der Waals surface area contributed by atoms with Crippen LogP contribution in [0.2, 0.25) is 0 Å². The van der Waals surface area contributed by atoms with E-state index >= 15 is 0 Å². The van der Waals surface area contributed by atoms with Crippen LogP contribution in [-0.4, -0.2) is 73.4 Å². The summed E-state index contributed by atoms with van der Waals surface area (Å²) in [6.07, 6.45) is 31.1. The van der Waals surface area contributed by atoms with Gasteiger partial charge in [0.25, 0.3) is 0 Å². The zero-order chi connectivity index (χ0) is 35.1. The van der Waals surface area contributed by atoms with Crippen molar-refractivity contribution < 1.29 is 32.9 Å². The molecule has 9 heteroatoms. The molecular formula is C38H80N2O6P+. The Morgan fingerprint density at radius 1 is 0.638 bits per heavy atom. The third-order valence-corrected chi connectivity index (χ3v) is 10.1. The number of unbranched alkanes of at least 4 members (excludes halogenated alkanes) is 23. The maximum atomic E-state index is 12.8. The number of likely N-dealkylation sites (N-methyl/N-ethyl adjacent to an activating group) is 1. The molecule has 282 valence electrons. The fourth-order valence-corrected chi connectivity index (χ4v) is 6.60. The van der Waals surface area contributed by atoms with Crippen LogP contribution in [0.4, 0.5) is 0 Å². The molecule has 0 spiro atoms. The van der Waals surface area contributed by atoms with E-state index in [0.29, 0.717) is 23.9 Å². The molecule has 3 atom stereocenters. The third kappa shape index (κ3) is 33.8. The first-order valence-corrected chi connectivity index (χ1v) is 21.4. The summed E-state index contributed by atoms with van der Waals surface area (Å²) in [6.45, 7) is 4.88. The molecule has 3 N–H and O–H groups in total. The van der Waals surface area contributed by atoms with Crippen LogP contribution in [0.3, 0.4) is 0 Å². The van der Waals surface area contributed by atoms with Crippen molar-refractivity contribution in [2.45, 2.75) is 199 Å². The van der Waals surface area contributed by atoms with Gasteiger partial charge in [-0.15, -0.1) is 0 Å². The average molecular weight is 692 g/mol. The number of quaternary nitrogens is 1. The van der Waals surface area contributed by atoms with Crippen molar-refractivity contribution in [2.24, 2.45) is 0 Å². The Morgan fingerprint density at radius 2 is 1.02 bits per heavy atom. The van der Waals surface area contributed by atoms with Crippen molar-refractivity contribution in [1.29, 1.82) is 0 Å². The highest BCUT2D eigenvalue weighted by atomic mass is 31.2. The number of rotatable bonds is 36. The topological polar surface area (TPSA) is 105 Å². The predicted molar refractivity (Wildman–Crippen MR) is 199 cm³/mol. The number of aliphatic hydroxyl groups is 1. The van der Waals surface area contributed by atoms with E-state index in [1.165, 1.54) is 122 Å². The van der Waals surface area contributed by atoms with Crippen LogP contribution in [0.15, 0.2) is 0 Å². The van der Waals surface area contributed by atoms with E-state index in [9.17, 15) is 19.4 Å². The minimum absolute atomic E-state index is 0.0781. The fraction of sp³-hybridized carbons (Fsp3) is 0.974. The summed E-state index contributed by atoms with van der Waals surface area (Å²) < 4.78 is 23.5. The minimum Gasteiger partial charge on any atom is -0.391 e. The van der Waals surface area contributed by atoms with Gasteiger partial charge in [-0.25, -0.2) is 4.57 Å². The number of amides is 1. The van der Waals surface area contributed by atoms with Crippen molar-refractivity contribution in [2.75, 3.05) is 40.9 Å². The van der Waals surface area contributed by atoms with Crippen LogP contribution < -0.4 is 5.32 Å². The summed E-state index contributed by atoms with van der Waals surface area (Å²) in [6, 6.07) is -0.750. The molecule has 0 fully saturated rings. The molecule has 0 aliphatic heterocycles. The number of phosphoric ester groups is 1. The molecule has 0 aromatic carbocycles. The number of carbonyl (C=O) groups is 1. The molecule has 0 aromatic rings. The number of phosphoric acid groups is 1. The summed E-state index contributed by atoms with van der Waals surface area (Å²) in [5.74, 6) is -0.144. The zero-order valence-electron chi connectivity index (χ0n) is 31.8. The third-order valence-electron chi connectivity index (χ3n) is 9.11. The van der Waals surface area contributed by atoms with Gasteiger partial charge in [0, 0.05) is 6.42 Å². The van der Waals surface area contributed by atoms with Crippen LogP contribution in [0.5, 0.6) is 0 Å². The minimum atomic E-state index is -4.30. The second-order valence-corrected chi connectivity index (χ2v) is 16.5. The van der Waals surface area contributed by atoms with Crippen LogP contribution >= 0.6 is 7.82 Å². The van der Waals surface area contributed by atoms with Crippen LogP contribution in [-0.2, 0) is 18.4 Å². The van der Waals surface area contributed by atoms with Gasteiger partial charge in [0.2, 0.25) is 5.91 Å². The molecule has 1 amide bonds. The number of hydrogen-bond acceptors (Lipinski definition) is 5. The highest BCUT2D eigenvalue weighted by Gasteiger charge is 2.28. The first-order chi connectivity index (χ1) is 22.5. The van der Waals surface area contributed by atoms with Gasteiger partial charge >= 0.3 is 7.82 Å². The summed E-state index contributed by atoms with van der Waals surface area (Å²) in [4.78, 5) is 23.0. The van der Waals surface area contributed by atoms with E-state index < -0.39 is 20.0 Å². The van der Waals surface area contributed by atoms with Gasteiger partial charge in [0.15, 0.2) is 0 Å². The molecule has 8 nitrogen and oxygen atoms in total. The molecular weight excluding hydrogens is 611 g/mol. The van der Waals surface area contributed by atoms with E-state index in [2.05, 4.69) is 19.2 Å². The van der Waals surface area contributed by atoms with Crippen LogP contribution in [0.25, 0.3) is 0 Å². The Morgan fingerprint density at radius 3 is 1.43 bits per heavy atom. The number of aliphatic hydroxyl groups excluding tert-OH is 1. The van der Waals surface area contributed by atoms with E-state index in [1.54, 1.807) is 0 Å². The van der Waals surface area contributed by atoms with Crippen molar-refractivity contribution in [1.82, 2.24) is 5.32 Å². The van der Waals surface area contributed by atoms with E-state index in [0.717, 1.165) is 38.5 Å². The van der Waals surface area contributed by atoms with E-state index in [-0.39, 0.29) is 19.1 Å². The van der Waals surface area contributed by atoms with Crippen molar-refractivity contribution in [3.05, 3.63) is 0 Å². The Labute approximate surface area is 291 Å². The molecule has 0 bridgehead atoms. The normalized spacial score (nSPS) is 14.6. The monoisotopic (exact) mass is 692 g/mol. The molecule has 3 unspecified atom stereocenters. The largest absolute Gasteiger partial charge is 0.472 e. The maximum Gasteiger partial charge on any atom is 0.472 e. The lowest BCUT2D eigenvalue weighted by Gasteiger charge is -2.26. The van der Waals surface area contributed by atoms with Gasteiger partial charge in [0.05, 0.1) is 39.9 Å². The molecule has 0 radical (unpaired) electrons. The average Bonchev–Trinajstić information content (AvgIpc) is 3.01. The van der Waals surface area contributed by atoms with Crippen LogP contribution in [0.1, 0.15) is 187 Å². The lowest BCUT2D eigenvalue weighted by molar-refractivity contribution is -0.870. The van der Waals surface area contributed by atoms with Gasteiger partial charge in [-0.05, 0) is 12.8 Å². The Bertz CT molecular complexity index is 748. The molecule has 0 aromatic heterocycles. The SMILES string of the molecule is CCCCCCCCCCCCCCCC(=O)NC(COP(=O)(O)OCC[N+](C)(C)C)C(O)CCCCCCCCCCCCCC. The van der Waals surface area contributed by atoms with Gasteiger partial charge < -0.3 is 19.8 Å². The van der Waals surface area contributed by atoms with Crippen molar-refractivity contribution in [3.63, 3.8) is 0 Å². The molecule has 0 aliphatic rings. The first-order valence-electron chi connectivity index (χ1n) is 19.9. The van der Waals surface area contributed by atoms with Crippen LogP contribution in [0, 0.1) is 0 Å². The summed E-state index contributed by atoms with van der Waals surface area (Å²) in [5.41, 5.74) is 0. The van der Waals surface area contributed by atoms with Gasteiger partial charge in [-0.2, -0.15) is 0 Å². The molecule has 0 heterocycles. The molecule has 47 heavy (non-hydrogen) atoms. The Kier molecular flexibility index (Phi) is 31.1. The van der Waals surface area contributed by atoms with Gasteiger partial charge in [-0.1, -0.05) is 168 Å². The summed E-state index contributed by atoms with van der Waals surface area (Å²) in [7, 11) is 1.62. The second-order valence-electron chi connectivity index (χ2n) is 15.0. The number of nitrogens with one attached hydrogen (secondary N) is 1. The highest BCUT2D eigenvalue weighted by Crippen LogP contribution is 2.43. The quantitative estimate of drug-likeness (QED) is 0.0343. The van der Waals surface area contributed by atoms with Gasteiger partial charge in [0.1, 0.15) is 13.2 Å². The maximum absolute atomic E-state index is 12.8. The number of carbonyl (C=O) groups excluding carboxylic acids is 1. The fourth-order valence-electron chi connectivity index (χ4n) is 5.87. The number of nitrogens with zero attached hydrogens (tertiary/aromatic N) is 1. The van der Waals surface area contributed by atoms with Gasteiger partial charge in [-0.3, -0.25) is 13.8 Å². The second kappa shape index (κ2) is 31.5. The van der Waals surface area contributed by atoms with Crippen molar-refractivity contribution >= 4 is 13.7 Å². The predicted octanol–water partition coefficient (Wildman–Crippen LogP) is 10.2. The smallest absolute Gasteiger partial charge is 0.391 e. The molecule has 0 saturated carbocycles. The lowest BCUT2D eigenvalue weighted by atomic mass is 10.0. The Hall–Kier alpha value is -0.500. The zero-order valence-corrected chi connectivity index (χ0v) is 32.7. The standard InChI is InChI=1S/C38H79N2O6P/c1-6-8-10-12-14-16-18-20-22-24-26-28-30-32-38(42)39-36(35-46-47(43,44)45-34-33-40(3,4)5)37(41)31-29-27-25-23-21-19-17-15-13-11-9-7-2/h36-37,41H,6-35H2,1-5H3,(H-,39,42,43,44)/p+1. The summed E-state index contributed by atoms with van der Waals surface area (Å²) in [5, 5.41) is 13.9. The molecule has 0 aliphatic carbocycles. The summed E-state index contributed by atoms with van der Waals surface area (Å²) >= 11 is 0.